The standard InChI is InChI=1S/C11H16N2O6/c1-3-6-12-11(17)13-8(14)7-19-10(16)5-4-9(15)18-2/h4-5H,3,6-7H2,1-2H3,(H2,12,13,14,17)/b5-4+. The van der Waals surface area contributed by atoms with Crippen LogP contribution >= 0.6 is 0 Å². The van der Waals surface area contributed by atoms with Crippen molar-refractivity contribution in [2.24, 2.45) is 0 Å². The fraction of sp³-hybridized carbons (Fsp3) is 0.455. The molecule has 106 valence electrons. The average Bonchev–Trinajstić information content (AvgIpc) is 2.39. The zero-order chi connectivity index (χ0) is 14.7. The van der Waals surface area contributed by atoms with Crippen molar-refractivity contribution >= 4 is 23.9 Å². The lowest BCUT2D eigenvalue weighted by atomic mass is 10.5. The predicted octanol–water partition coefficient (Wildman–Crippen LogP) is -0.505. The van der Waals surface area contributed by atoms with Crippen molar-refractivity contribution in [1.29, 1.82) is 0 Å². The van der Waals surface area contributed by atoms with Gasteiger partial charge in [-0.3, -0.25) is 10.1 Å². The molecule has 0 aromatic heterocycles. The third-order valence-electron chi connectivity index (χ3n) is 1.69. The smallest absolute Gasteiger partial charge is 0.331 e. The van der Waals surface area contributed by atoms with Crippen LogP contribution in [0.2, 0.25) is 0 Å². The Labute approximate surface area is 110 Å². The van der Waals surface area contributed by atoms with Crippen LogP contribution in [0.3, 0.4) is 0 Å². The molecule has 2 N–H and O–H groups in total. The van der Waals surface area contributed by atoms with Gasteiger partial charge >= 0.3 is 18.0 Å². The maximum atomic E-state index is 11.2. The van der Waals surface area contributed by atoms with E-state index < -0.39 is 30.5 Å². The molecule has 8 nitrogen and oxygen atoms in total. The van der Waals surface area contributed by atoms with Crippen LogP contribution in [0.25, 0.3) is 0 Å². The first-order valence-corrected chi connectivity index (χ1v) is 5.50. The van der Waals surface area contributed by atoms with E-state index in [1.165, 1.54) is 0 Å². The largest absolute Gasteiger partial charge is 0.466 e. The molecule has 0 heterocycles. The van der Waals surface area contributed by atoms with Gasteiger partial charge in [-0.05, 0) is 6.42 Å². The van der Waals surface area contributed by atoms with Crippen LogP contribution in [0.5, 0.6) is 0 Å². The minimum atomic E-state index is -0.894. The van der Waals surface area contributed by atoms with Crippen molar-refractivity contribution in [2.45, 2.75) is 13.3 Å². The lowest BCUT2D eigenvalue weighted by Crippen LogP contribution is -2.41. The van der Waals surface area contributed by atoms with E-state index in [1.807, 2.05) is 12.2 Å². The van der Waals surface area contributed by atoms with Crippen molar-refractivity contribution in [1.82, 2.24) is 10.6 Å². The van der Waals surface area contributed by atoms with Crippen LogP contribution in [0, 0.1) is 0 Å². The zero-order valence-electron chi connectivity index (χ0n) is 10.7. The van der Waals surface area contributed by atoms with Crippen LogP contribution in [0.4, 0.5) is 4.79 Å². The number of carbonyl (C=O) groups excluding carboxylic acids is 4. The van der Waals surface area contributed by atoms with Gasteiger partial charge in [0.2, 0.25) is 0 Å². The molecule has 0 unspecified atom stereocenters. The molecule has 0 aromatic carbocycles. The number of ether oxygens (including phenoxy) is 2. The first-order valence-electron chi connectivity index (χ1n) is 5.50. The first-order chi connectivity index (χ1) is 8.99. The molecule has 0 bridgehead atoms. The van der Waals surface area contributed by atoms with Gasteiger partial charge < -0.3 is 14.8 Å². The highest BCUT2D eigenvalue weighted by Crippen LogP contribution is 1.84. The van der Waals surface area contributed by atoms with Crippen molar-refractivity contribution in [2.75, 3.05) is 20.3 Å². The van der Waals surface area contributed by atoms with Crippen molar-refractivity contribution in [3.63, 3.8) is 0 Å². The number of hydrogen-bond acceptors (Lipinski definition) is 6. The zero-order valence-corrected chi connectivity index (χ0v) is 10.7. The highest BCUT2D eigenvalue weighted by molar-refractivity contribution is 5.96. The maximum absolute atomic E-state index is 11.2. The minimum Gasteiger partial charge on any atom is -0.466 e. The van der Waals surface area contributed by atoms with Gasteiger partial charge in [-0.15, -0.1) is 0 Å². The van der Waals surface area contributed by atoms with Gasteiger partial charge in [0.05, 0.1) is 7.11 Å². The van der Waals surface area contributed by atoms with Crippen molar-refractivity contribution in [3.05, 3.63) is 12.2 Å². The third kappa shape index (κ3) is 9.33. The monoisotopic (exact) mass is 272 g/mol. The summed E-state index contributed by atoms with van der Waals surface area (Å²) in [5.74, 6) is -2.39. The summed E-state index contributed by atoms with van der Waals surface area (Å²) in [5.41, 5.74) is 0. The molecule has 0 rings (SSSR count). The van der Waals surface area contributed by atoms with Gasteiger partial charge in [-0.2, -0.15) is 0 Å². The molecule has 19 heavy (non-hydrogen) atoms. The van der Waals surface area contributed by atoms with Gasteiger partial charge in [-0.25, -0.2) is 14.4 Å². The molecule has 3 amide bonds. The molecular formula is C11H16N2O6. The Kier molecular flexibility index (Phi) is 8.42. The molecule has 0 aliphatic heterocycles. The Balaban J connectivity index is 3.90. The number of urea groups is 1. The summed E-state index contributed by atoms with van der Waals surface area (Å²) in [4.78, 5) is 43.9. The Morgan fingerprint density at radius 1 is 1.11 bits per heavy atom. The van der Waals surface area contributed by atoms with E-state index in [1.54, 1.807) is 0 Å². The van der Waals surface area contributed by atoms with Crippen LogP contribution < -0.4 is 10.6 Å². The van der Waals surface area contributed by atoms with Crippen LogP contribution in [0.15, 0.2) is 12.2 Å². The third-order valence-corrected chi connectivity index (χ3v) is 1.69. The average molecular weight is 272 g/mol. The van der Waals surface area contributed by atoms with E-state index in [-0.39, 0.29) is 0 Å². The second-order valence-corrected chi connectivity index (χ2v) is 3.27. The van der Waals surface area contributed by atoms with Crippen LogP contribution in [-0.4, -0.2) is 44.1 Å². The number of methoxy groups -OCH3 is 1. The van der Waals surface area contributed by atoms with Crippen LogP contribution in [-0.2, 0) is 23.9 Å². The number of nitrogens with one attached hydrogen (secondary N) is 2. The number of hydrogen-bond donors (Lipinski definition) is 2. The number of esters is 2. The first kappa shape index (κ1) is 16.6. The summed E-state index contributed by atoms with van der Waals surface area (Å²) < 4.78 is 8.73. The van der Waals surface area contributed by atoms with Crippen molar-refractivity contribution in [3.8, 4) is 0 Å². The molecule has 0 atom stereocenters. The fourth-order valence-corrected chi connectivity index (χ4v) is 0.834. The Bertz CT molecular complexity index is 377. The second-order valence-electron chi connectivity index (χ2n) is 3.27. The minimum absolute atomic E-state index is 0.431. The van der Waals surface area contributed by atoms with E-state index in [2.05, 4.69) is 14.8 Å². The number of rotatable bonds is 6. The predicted molar refractivity (Wildman–Crippen MR) is 63.9 cm³/mol. The van der Waals surface area contributed by atoms with E-state index >= 15 is 0 Å². The molecule has 0 spiro atoms. The van der Waals surface area contributed by atoms with Gasteiger partial charge in [0.25, 0.3) is 5.91 Å². The van der Waals surface area contributed by atoms with Crippen molar-refractivity contribution < 1.29 is 28.7 Å². The van der Waals surface area contributed by atoms with Gasteiger partial charge in [0.1, 0.15) is 0 Å². The molecule has 0 saturated heterocycles. The van der Waals surface area contributed by atoms with Crippen LogP contribution in [0.1, 0.15) is 13.3 Å². The van der Waals surface area contributed by atoms with E-state index in [9.17, 15) is 19.2 Å². The maximum Gasteiger partial charge on any atom is 0.331 e. The highest BCUT2D eigenvalue weighted by atomic mass is 16.5. The van der Waals surface area contributed by atoms with Gasteiger partial charge in [-0.1, -0.05) is 6.92 Å². The molecule has 0 fully saturated rings. The fourth-order valence-electron chi connectivity index (χ4n) is 0.834. The normalized spacial score (nSPS) is 9.79. The summed E-state index contributed by atoms with van der Waals surface area (Å²) >= 11 is 0. The summed E-state index contributed by atoms with van der Waals surface area (Å²) in [6, 6.07) is -0.659. The molecular weight excluding hydrogens is 256 g/mol. The topological polar surface area (TPSA) is 111 Å². The van der Waals surface area contributed by atoms with Gasteiger partial charge in [0.15, 0.2) is 6.61 Å². The number of imide groups is 1. The summed E-state index contributed by atoms with van der Waals surface area (Å²) in [7, 11) is 1.15. The van der Waals surface area contributed by atoms with E-state index in [4.69, 9.17) is 0 Å². The Morgan fingerprint density at radius 2 is 1.74 bits per heavy atom. The Morgan fingerprint density at radius 3 is 2.32 bits per heavy atom. The quantitative estimate of drug-likeness (QED) is 0.498. The van der Waals surface area contributed by atoms with E-state index in [0.717, 1.165) is 25.7 Å². The highest BCUT2D eigenvalue weighted by Gasteiger charge is 2.09. The summed E-state index contributed by atoms with van der Waals surface area (Å²) in [6.45, 7) is 1.67. The molecule has 8 heteroatoms. The Hall–Kier alpha value is -2.38. The summed E-state index contributed by atoms with van der Waals surface area (Å²) in [6.07, 6.45) is 2.40. The lowest BCUT2D eigenvalue weighted by molar-refractivity contribution is -0.143. The van der Waals surface area contributed by atoms with E-state index in [0.29, 0.717) is 6.54 Å². The molecule has 0 saturated carbocycles. The molecule has 0 radical (unpaired) electrons. The summed E-state index contributed by atoms with van der Waals surface area (Å²) in [5, 5.41) is 4.38. The molecule has 0 aromatic rings. The number of carbonyl (C=O) groups is 4. The molecule has 0 aliphatic carbocycles. The molecule has 0 aliphatic rings. The SMILES string of the molecule is CCCNC(=O)NC(=O)COC(=O)/C=C/C(=O)OC. The second kappa shape index (κ2) is 9.63. The van der Waals surface area contributed by atoms with Gasteiger partial charge in [0, 0.05) is 18.7 Å². The number of amides is 3. The lowest BCUT2D eigenvalue weighted by Gasteiger charge is -2.05.